The van der Waals surface area contributed by atoms with Crippen molar-refractivity contribution in [3.05, 3.63) is 35.4 Å². The van der Waals surface area contributed by atoms with Gasteiger partial charge in [0, 0.05) is 19.3 Å². The first-order valence-corrected chi connectivity index (χ1v) is 8.30. The van der Waals surface area contributed by atoms with Crippen molar-refractivity contribution >= 4 is 11.9 Å². The number of morpholine rings is 1. The molecule has 1 N–H and O–H groups in total. The maximum absolute atomic E-state index is 12.5. The molecule has 1 amide bonds. The molecule has 0 aliphatic carbocycles. The fraction of sp³-hybridized carbons (Fsp3) is 0.438. The van der Waals surface area contributed by atoms with Crippen molar-refractivity contribution in [1.82, 2.24) is 25.3 Å². The first kappa shape index (κ1) is 19.7. The second-order valence-electron chi connectivity index (χ2n) is 5.75. The van der Waals surface area contributed by atoms with E-state index in [9.17, 15) is 18.0 Å². The summed E-state index contributed by atoms with van der Waals surface area (Å²) in [5.74, 6) is 0.0469. The highest BCUT2D eigenvalue weighted by atomic mass is 19.4. The maximum atomic E-state index is 12.5. The molecule has 0 spiro atoms. The summed E-state index contributed by atoms with van der Waals surface area (Å²) in [6, 6.07) is 1.90. The van der Waals surface area contributed by atoms with E-state index in [0.29, 0.717) is 32.3 Å². The summed E-state index contributed by atoms with van der Waals surface area (Å²) < 4.78 is 48.0. The van der Waals surface area contributed by atoms with Gasteiger partial charge in [0.15, 0.2) is 5.82 Å². The molecule has 0 radical (unpaired) electrons. The summed E-state index contributed by atoms with van der Waals surface area (Å²) in [7, 11) is 1.41. The average molecular weight is 398 g/mol. The molecule has 3 rings (SSSR count). The van der Waals surface area contributed by atoms with E-state index in [0.717, 1.165) is 18.3 Å². The predicted molar refractivity (Wildman–Crippen MR) is 89.8 cm³/mol. The zero-order valence-corrected chi connectivity index (χ0v) is 14.9. The summed E-state index contributed by atoms with van der Waals surface area (Å²) in [5, 5.41) is 2.54. The second-order valence-corrected chi connectivity index (χ2v) is 5.75. The Morgan fingerprint density at radius 2 is 2.00 bits per heavy atom. The zero-order chi connectivity index (χ0) is 20.1. The van der Waals surface area contributed by atoms with Gasteiger partial charge in [-0.25, -0.2) is 0 Å². The molecule has 9 nitrogen and oxygen atoms in total. The molecule has 150 valence electrons. The predicted octanol–water partition coefficient (Wildman–Crippen LogP) is 1.06. The normalized spacial score (nSPS) is 14.6. The molecule has 2 aromatic rings. The molecule has 0 unspecified atom stereocenters. The van der Waals surface area contributed by atoms with Crippen LogP contribution < -0.4 is 15.0 Å². The molecule has 1 aliphatic rings. The number of hydrogen-bond donors (Lipinski definition) is 1. The molecule has 0 bridgehead atoms. The van der Waals surface area contributed by atoms with Crippen LogP contribution in [0, 0.1) is 0 Å². The quantitative estimate of drug-likeness (QED) is 0.798. The number of carbonyl (C=O) groups excluding carboxylic acids is 1. The number of hydrogen-bond acceptors (Lipinski definition) is 8. The molecule has 1 saturated heterocycles. The molecule has 0 saturated carbocycles. The summed E-state index contributed by atoms with van der Waals surface area (Å²) in [4.78, 5) is 29.9. The van der Waals surface area contributed by atoms with Gasteiger partial charge in [0.1, 0.15) is 5.69 Å². The lowest BCUT2D eigenvalue weighted by Crippen LogP contribution is -2.37. The van der Waals surface area contributed by atoms with Crippen LogP contribution >= 0.6 is 0 Å². The lowest BCUT2D eigenvalue weighted by Gasteiger charge is -2.26. The molecule has 0 atom stereocenters. The third kappa shape index (κ3) is 4.82. The van der Waals surface area contributed by atoms with Gasteiger partial charge in [-0.2, -0.15) is 28.1 Å². The minimum atomic E-state index is -4.56. The molecule has 3 heterocycles. The van der Waals surface area contributed by atoms with E-state index >= 15 is 0 Å². The summed E-state index contributed by atoms with van der Waals surface area (Å²) in [6.07, 6.45) is -3.70. The highest BCUT2D eigenvalue weighted by Crippen LogP contribution is 2.27. The van der Waals surface area contributed by atoms with Crippen molar-refractivity contribution in [1.29, 1.82) is 0 Å². The molecular weight excluding hydrogens is 381 g/mol. The lowest BCUT2D eigenvalue weighted by molar-refractivity contribution is -0.141. The van der Waals surface area contributed by atoms with Crippen LogP contribution in [0.25, 0.3) is 0 Å². The number of amides is 1. The van der Waals surface area contributed by atoms with Gasteiger partial charge in [0.05, 0.1) is 32.4 Å². The Bertz CT molecular complexity index is 825. The van der Waals surface area contributed by atoms with Crippen molar-refractivity contribution in [2.75, 3.05) is 38.3 Å². The number of ether oxygens (including phenoxy) is 2. The fourth-order valence-electron chi connectivity index (χ4n) is 2.42. The SMILES string of the molecule is COc1nc(CNC(=O)c2ccc(C(F)(F)F)nc2)nc(N2CCOCC2)n1. The van der Waals surface area contributed by atoms with Gasteiger partial charge in [-0.1, -0.05) is 0 Å². The minimum absolute atomic E-state index is 0.0116. The van der Waals surface area contributed by atoms with Crippen molar-refractivity contribution in [2.45, 2.75) is 12.7 Å². The van der Waals surface area contributed by atoms with Gasteiger partial charge in [-0.15, -0.1) is 0 Å². The number of methoxy groups -OCH3 is 1. The van der Waals surface area contributed by atoms with E-state index in [1.165, 1.54) is 7.11 Å². The molecule has 2 aromatic heterocycles. The molecule has 1 fully saturated rings. The topological polar surface area (TPSA) is 102 Å². The van der Waals surface area contributed by atoms with Gasteiger partial charge in [0.25, 0.3) is 5.91 Å². The van der Waals surface area contributed by atoms with Gasteiger partial charge >= 0.3 is 12.2 Å². The number of rotatable bonds is 5. The number of nitrogens with one attached hydrogen (secondary N) is 1. The Morgan fingerprint density at radius 3 is 2.61 bits per heavy atom. The number of anilines is 1. The van der Waals surface area contributed by atoms with E-state index < -0.39 is 17.8 Å². The van der Waals surface area contributed by atoms with Crippen molar-refractivity contribution in [3.8, 4) is 6.01 Å². The monoisotopic (exact) mass is 398 g/mol. The summed E-state index contributed by atoms with van der Waals surface area (Å²) in [5.41, 5.74) is -1.08. The Hall–Kier alpha value is -3.02. The Kier molecular flexibility index (Phi) is 5.87. The van der Waals surface area contributed by atoms with Crippen LogP contribution in [0.5, 0.6) is 6.01 Å². The van der Waals surface area contributed by atoms with Crippen LogP contribution in [0.15, 0.2) is 18.3 Å². The number of halogens is 3. The number of nitrogens with zero attached hydrogens (tertiary/aromatic N) is 5. The first-order valence-electron chi connectivity index (χ1n) is 8.30. The molecule has 0 aromatic carbocycles. The largest absolute Gasteiger partial charge is 0.467 e. The van der Waals surface area contributed by atoms with Gasteiger partial charge < -0.3 is 19.7 Å². The third-order valence-corrected chi connectivity index (χ3v) is 3.85. The Labute approximate surface area is 157 Å². The Balaban J connectivity index is 1.68. The number of pyridine rings is 1. The van der Waals surface area contributed by atoms with Crippen LogP contribution in [-0.2, 0) is 17.5 Å². The Morgan fingerprint density at radius 1 is 1.25 bits per heavy atom. The number of carbonyl (C=O) groups is 1. The van der Waals surface area contributed by atoms with E-state index in [2.05, 4.69) is 25.3 Å². The third-order valence-electron chi connectivity index (χ3n) is 3.85. The molecule has 28 heavy (non-hydrogen) atoms. The highest BCUT2D eigenvalue weighted by molar-refractivity contribution is 5.93. The van der Waals surface area contributed by atoms with E-state index in [1.54, 1.807) is 0 Å². The molecule has 12 heteroatoms. The smallest absolute Gasteiger partial charge is 0.433 e. The number of aromatic nitrogens is 4. The fourth-order valence-corrected chi connectivity index (χ4v) is 2.42. The van der Waals surface area contributed by atoms with Gasteiger partial charge in [-0.05, 0) is 12.1 Å². The lowest BCUT2D eigenvalue weighted by atomic mass is 10.2. The van der Waals surface area contributed by atoms with Crippen LogP contribution in [0.2, 0.25) is 0 Å². The van der Waals surface area contributed by atoms with Crippen LogP contribution in [0.1, 0.15) is 21.9 Å². The van der Waals surface area contributed by atoms with E-state index in [1.807, 2.05) is 4.90 Å². The molecular formula is C16H17F3N6O3. The van der Waals surface area contributed by atoms with E-state index in [4.69, 9.17) is 9.47 Å². The van der Waals surface area contributed by atoms with E-state index in [-0.39, 0.29) is 23.9 Å². The van der Waals surface area contributed by atoms with Gasteiger partial charge in [0.2, 0.25) is 5.95 Å². The van der Waals surface area contributed by atoms with Crippen LogP contribution in [0.3, 0.4) is 0 Å². The van der Waals surface area contributed by atoms with Crippen LogP contribution in [0.4, 0.5) is 19.1 Å². The first-order chi connectivity index (χ1) is 13.4. The van der Waals surface area contributed by atoms with Crippen LogP contribution in [-0.4, -0.2) is 59.3 Å². The summed E-state index contributed by atoms with van der Waals surface area (Å²) >= 11 is 0. The van der Waals surface area contributed by atoms with Crippen molar-refractivity contribution in [2.24, 2.45) is 0 Å². The van der Waals surface area contributed by atoms with Crippen molar-refractivity contribution < 1.29 is 27.4 Å². The standard InChI is InChI=1S/C16H17F3N6O3/c1-27-15-23-12(22-14(24-15)25-4-6-28-7-5-25)9-21-13(26)10-2-3-11(20-8-10)16(17,18)19/h2-3,8H,4-7,9H2,1H3,(H,21,26). The second kappa shape index (κ2) is 8.33. The van der Waals surface area contributed by atoms with Gasteiger partial charge in [-0.3, -0.25) is 9.78 Å². The average Bonchev–Trinajstić information content (AvgIpc) is 2.72. The zero-order valence-electron chi connectivity index (χ0n) is 14.9. The van der Waals surface area contributed by atoms with Crippen molar-refractivity contribution in [3.63, 3.8) is 0 Å². The highest BCUT2D eigenvalue weighted by Gasteiger charge is 2.32. The number of alkyl halides is 3. The molecule has 1 aliphatic heterocycles. The minimum Gasteiger partial charge on any atom is -0.467 e. The summed E-state index contributed by atoms with van der Waals surface area (Å²) in [6.45, 7) is 2.24. The maximum Gasteiger partial charge on any atom is 0.433 e.